The minimum absolute atomic E-state index is 0.270. The lowest BCUT2D eigenvalue weighted by Gasteiger charge is -2.15. The second kappa shape index (κ2) is 7.20. The molecule has 0 radical (unpaired) electrons. The van der Waals surface area contributed by atoms with E-state index < -0.39 is 0 Å². The van der Waals surface area contributed by atoms with Crippen molar-refractivity contribution in [3.63, 3.8) is 0 Å². The fraction of sp³-hybridized carbons (Fsp3) is 1.00. The van der Waals surface area contributed by atoms with E-state index in [-0.39, 0.29) is 12.2 Å². The Labute approximate surface area is 93.3 Å². The zero-order valence-corrected chi connectivity index (χ0v) is 10.1. The van der Waals surface area contributed by atoms with E-state index in [1.807, 2.05) is 0 Å². The zero-order valence-electron chi connectivity index (χ0n) is 10.1. The van der Waals surface area contributed by atoms with Gasteiger partial charge in [-0.15, -0.1) is 0 Å². The first-order valence-electron chi connectivity index (χ1n) is 6.19. The van der Waals surface area contributed by atoms with Gasteiger partial charge in [0.15, 0.2) is 0 Å². The van der Waals surface area contributed by atoms with Gasteiger partial charge in [-0.25, -0.2) is 0 Å². The van der Waals surface area contributed by atoms with E-state index in [4.69, 9.17) is 15.2 Å². The van der Waals surface area contributed by atoms with E-state index in [0.29, 0.717) is 12.5 Å². The van der Waals surface area contributed by atoms with Crippen LogP contribution in [0, 0.1) is 5.92 Å². The Morgan fingerprint density at radius 3 is 2.73 bits per heavy atom. The first-order chi connectivity index (χ1) is 7.26. The molecule has 1 heterocycles. The lowest BCUT2D eigenvalue weighted by Crippen LogP contribution is -2.23. The van der Waals surface area contributed by atoms with Gasteiger partial charge in [0, 0.05) is 13.2 Å². The Hall–Kier alpha value is -0.120. The highest BCUT2D eigenvalue weighted by Gasteiger charge is 2.24. The van der Waals surface area contributed by atoms with E-state index >= 15 is 0 Å². The molecule has 0 bridgehead atoms. The van der Waals surface area contributed by atoms with Gasteiger partial charge in [-0.2, -0.15) is 0 Å². The van der Waals surface area contributed by atoms with E-state index in [0.717, 1.165) is 26.1 Å². The van der Waals surface area contributed by atoms with Gasteiger partial charge in [-0.3, -0.25) is 0 Å². The van der Waals surface area contributed by atoms with Crippen LogP contribution in [0.2, 0.25) is 0 Å². The van der Waals surface area contributed by atoms with Crippen molar-refractivity contribution in [3.8, 4) is 0 Å². The second-order valence-corrected chi connectivity index (χ2v) is 4.62. The van der Waals surface area contributed by atoms with Crippen LogP contribution >= 0.6 is 0 Å². The van der Waals surface area contributed by atoms with Gasteiger partial charge in [-0.05, 0) is 25.2 Å². The Morgan fingerprint density at radius 1 is 1.40 bits per heavy atom. The fourth-order valence-electron chi connectivity index (χ4n) is 2.05. The van der Waals surface area contributed by atoms with Gasteiger partial charge < -0.3 is 15.2 Å². The molecule has 3 unspecified atom stereocenters. The minimum Gasteiger partial charge on any atom is -0.378 e. The summed E-state index contributed by atoms with van der Waals surface area (Å²) in [6, 6.07) is 0. The second-order valence-electron chi connectivity index (χ2n) is 4.62. The third-order valence-electron chi connectivity index (χ3n) is 2.95. The lowest BCUT2D eigenvalue weighted by atomic mass is 10.1. The molecule has 1 aliphatic heterocycles. The van der Waals surface area contributed by atoms with Crippen LogP contribution in [0.15, 0.2) is 0 Å². The minimum atomic E-state index is 0.270. The van der Waals surface area contributed by atoms with Crippen molar-refractivity contribution in [1.29, 1.82) is 0 Å². The summed E-state index contributed by atoms with van der Waals surface area (Å²) < 4.78 is 11.4. The highest BCUT2D eigenvalue weighted by molar-refractivity contribution is 4.73. The van der Waals surface area contributed by atoms with Gasteiger partial charge in [0.05, 0.1) is 18.8 Å². The largest absolute Gasteiger partial charge is 0.378 e. The first-order valence-corrected chi connectivity index (χ1v) is 6.19. The van der Waals surface area contributed by atoms with E-state index in [9.17, 15) is 0 Å². The molecule has 3 heteroatoms. The van der Waals surface area contributed by atoms with Crippen molar-refractivity contribution >= 4 is 0 Å². The predicted octanol–water partition coefficient (Wildman–Crippen LogP) is 1.95. The average Bonchev–Trinajstić information content (AvgIpc) is 2.66. The summed E-state index contributed by atoms with van der Waals surface area (Å²) in [5.41, 5.74) is 5.55. The summed E-state index contributed by atoms with van der Waals surface area (Å²) in [4.78, 5) is 0. The summed E-state index contributed by atoms with van der Waals surface area (Å²) in [5, 5.41) is 0. The number of ether oxygens (including phenoxy) is 2. The highest BCUT2D eigenvalue weighted by Crippen LogP contribution is 2.19. The normalized spacial score (nSPS) is 28.2. The third kappa shape index (κ3) is 4.96. The van der Waals surface area contributed by atoms with Crippen LogP contribution < -0.4 is 5.73 Å². The molecule has 0 saturated carbocycles. The number of hydrogen-bond donors (Lipinski definition) is 1. The molecule has 2 N–H and O–H groups in total. The summed E-state index contributed by atoms with van der Waals surface area (Å²) in [6.07, 6.45) is 5.23. The lowest BCUT2D eigenvalue weighted by molar-refractivity contribution is -0.0193. The quantitative estimate of drug-likeness (QED) is 0.706. The number of hydrogen-bond acceptors (Lipinski definition) is 3. The van der Waals surface area contributed by atoms with Crippen LogP contribution in [0.1, 0.15) is 39.5 Å². The molecular weight excluding hydrogens is 190 g/mol. The number of rotatable bonds is 7. The van der Waals surface area contributed by atoms with E-state index in [1.165, 1.54) is 12.8 Å². The molecule has 1 saturated heterocycles. The molecule has 0 spiro atoms. The predicted molar refractivity (Wildman–Crippen MR) is 61.8 cm³/mol. The molecule has 0 amide bonds. The van der Waals surface area contributed by atoms with Crippen LogP contribution in [0.3, 0.4) is 0 Å². The van der Waals surface area contributed by atoms with Gasteiger partial charge in [-0.1, -0.05) is 20.3 Å². The Morgan fingerprint density at radius 2 is 2.13 bits per heavy atom. The van der Waals surface area contributed by atoms with Crippen molar-refractivity contribution in [1.82, 2.24) is 0 Å². The van der Waals surface area contributed by atoms with E-state index in [1.54, 1.807) is 0 Å². The Bertz CT molecular complexity index is 164. The molecule has 15 heavy (non-hydrogen) atoms. The standard InChI is InChI=1S/C12H25NO2/c1-3-4-10(2)8-14-9-12-6-5-11(7-13)15-12/h10-12H,3-9,13H2,1-2H3. The first kappa shape index (κ1) is 12.9. The fourth-order valence-corrected chi connectivity index (χ4v) is 2.05. The van der Waals surface area contributed by atoms with Gasteiger partial charge >= 0.3 is 0 Å². The molecule has 0 aliphatic carbocycles. The molecule has 0 aromatic rings. The highest BCUT2D eigenvalue weighted by atomic mass is 16.5. The van der Waals surface area contributed by atoms with Crippen molar-refractivity contribution in [2.75, 3.05) is 19.8 Å². The molecule has 0 aromatic carbocycles. The summed E-state index contributed by atoms with van der Waals surface area (Å²) in [7, 11) is 0. The summed E-state index contributed by atoms with van der Waals surface area (Å²) in [6.45, 7) is 6.69. The van der Waals surface area contributed by atoms with Crippen molar-refractivity contribution in [2.24, 2.45) is 11.7 Å². The topological polar surface area (TPSA) is 44.5 Å². The van der Waals surface area contributed by atoms with Crippen molar-refractivity contribution in [2.45, 2.75) is 51.7 Å². The maximum absolute atomic E-state index is 5.70. The van der Waals surface area contributed by atoms with Crippen molar-refractivity contribution in [3.05, 3.63) is 0 Å². The maximum atomic E-state index is 5.70. The SMILES string of the molecule is CCCC(C)COCC1CCC(CN)O1. The van der Waals surface area contributed by atoms with Crippen LogP contribution in [0.25, 0.3) is 0 Å². The van der Waals surface area contributed by atoms with Gasteiger partial charge in [0.1, 0.15) is 0 Å². The van der Waals surface area contributed by atoms with Crippen LogP contribution in [-0.4, -0.2) is 32.0 Å². The monoisotopic (exact) mass is 215 g/mol. The molecule has 1 fully saturated rings. The van der Waals surface area contributed by atoms with Crippen LogP contribution in [0.5, 0.6) is 0 Å². The maximum Gasteiger partial charge on any atom is 0.0813 e. The molecule has 3 nitrogen and oxygen atoms in total. The van der Waals surface area contributed by atoms with Gasteiger partial charge in [0.2, 0.25) is 0 Å². The summed E-state index contributed by atoms with van der Waals surface area (Å²) >= 11 is 0. The van der Waals surface area contributed by atoms with Crippen LogP contribution in [0.4, 0.5) is 0 Å². The van der Waals surface area contributed by atoms with Crippen molar-refractivity contribution < 1.29 is 9.47 Å². The summed E-state index contributed by atoms with van der Waals surface area (Å²) in [5.74, 6) is 0.668. The molecule has 1 aliphatic rings. The average molecular weight is 215 g/mol. The van der Waals surface area contributed by atoms with Gasteiger partial charge in [0.25, 0.3) is 0 Å². The Kier molecular flexibility index (Phi) is 6.22. The molecular formula is C12H25NO2. The third-order valence-corrected chi connectivity index (χ3v) is 2.95. The van der Waals surface area contributed by atoms with E-state index in [2.05, 4.69) is 13.8 Å². The molecule has 0 aromatic heterocycles. The number of nitrogens with two attached hydrogens (primary N) is 1. The van der Waals surface area contributed by atoms with Crippen LogP contribution in [-0.2, 0) is 9.47 Å². The zero-order chi connectivity index (χ0) is 11.1. The molecule has 1 rings (SSSR count). The molecule has 3 atom stereocenters. The molecule has 90 valence electrons. The smallest absolute Gasteiger partial charge is 0.0813 e. The Balaban J connectivity index is 2.01.